The second kappa shape index (κ2) is 5.60. The predicted octanol–water partition coefficient (Wildman–Crippen LogP) is 4.36. The number of aryl methyl sites for hydroxylation is 3. The molecule has 0 saturated heterocycles. The highest BCUT2D eigenvalue weighted by Gasteiger charge is 2.11. The molecule has 3 rings (SSSR count). The smallest absolute Gasteiger partial charge is 0.335 e. The van der Waals surface area contributed by atoms with E-state index in [1.54, 1.807) is 25.1 Å². The summed E-state index contributed by atoms with van der Waals surface area (Å²) in [5, 5.41) is 9.04. The van der Waals surface area contributed by atoms with Gasteiger partial charge in [0.25, 0.3) is 0 Å². The molecule has 108 valence electrons. The van der Waals surface area contributed by atoms with Gasteiger partial charge in [-0.1, -0.05) is 6.07 Å². The largest absolute Gasteiger partial charge is 0.478 e. The van der Waals surface area contributed by atoms with Crippen LogP contribution in [0, 0.1) is 6.92 Å². The average molecular weight is 282 g/mol. The lowest BCUT2D eigenvalue weighted by atomic mass is 9.92. The maximum absolute atomic E-state index is 11.0. The third kappa shape index (κ3) is 2.92. The standard InChI is InChI=1S/C18H18O3/c1-12-10-15(8-9-17(12)18(19)20)21-16-7-6-13-4-2-3-5-14(13)11-16/h6-11H,2-5H2,1H3,(H,19,20). The summed E-state index contributed by atoms with van der Waals surface area (Å²) >= 11 is 0. The highest BCUT2D eigenvalue weighted by Crippen LogP contribution is 2.29. The van der Waals surface area contributed by atoms with Crippen LogP contribution in [-0.2, 0) is 12.8 Å². The Kier molecular flexibility index (Phi) is 3.65. The second-order valence-corrected chi connectivity index (χ2v) is 5.52. The van der Waals surface area contributed by atoms with Gasteiger partial charge in [0.15, 0.2) is 0 Å². The molecule has 2 aromatic rings. The summed E-state index contributed by atoms with van der Waals surface area (Å²) in [5.41, 5.74) is 3.81. The zero-order chi connectivity index (χ0) is 14.8. The van der Waals surface area contributed by atoms with Gasteiger partial charge in [-0.2, -0.15) is 0 Å². The number of fused-ring (bicyclic) bond motifs is 1. The van der Waals surface area contributed by atoms with Gasteiger partial charge in [-0.25, -0.2) is 4.79 Å². The van der Waals surface area contributed by atoms with E-state index in [1.807, 2.05) is 6.07 Å². The summed E-state index contributed by atoms with van der Waals surface area (Å²) in [5.74, 6) is 0.583. The highest BCUT2D eigenvalue weighted by atomic mass is 16.5. The van der Waals surface area contributed by atoms with Crippen molar-refractivity contribution in [2.24, 2.45) is 0 Å². The van der Waals surface area contributed by atoms with E-state index < -0.39 is 5.97 Å². The first-order valence-electron chi connectivity index (χ1n) is 7.27. The third-order valence-electron chi connectivity index (χ3n) is 3.98. The molecule has 1 N–H and O–H groups in total. The number of carboxylic acid groups (broad SMARTS) is 1. The molecule has 3 nitrogen and oxygen atoms in total. The molecular weight excluding hydrogens is 264 g/mol. The Hall–Kier alpha value is -2.29. The van der Waals surface area contributed by atoms with Crippen molar-refractivity contribution < 1.29 is 14.6 Å². The molecule has 21 heavy (non-hydrogen) atoms. The Balaban J connectivity index is 1.83. The number of carboxylic acids is 1. The fraction of sp³-hybridized carbons (Fsp3) is 0.278. The van der Waals surface area contributed by atoms with Crippen LogP contribution < -0.4 is 4.74 Å². The van der Waals surface area contributed by atoms with Crippen LogP contribution in [-0.4, -0.2) is 11.1 Å². The Morgan fingerprint density at radius 2 is 1.67 bits per heavy atom. The molecule has 0 amide bonds. The third-order valence-corrected chi connectivity index (χ3v) is 3.98. The summed E-state index contributed by atoms with van der Waals surface area (Å²) in [7, 11) is 0. The van der Waals surface area contributed by atoms with Crippen LogP contribution in [0.3, 0.4) is 0 Å². The van der Waals surface area contributed by atoms with Crippen LogP contribution in [0.15, 0.2) is 36.4 Å². The van der Waals surface area contributed by atoms with Crippen molar-refractivity contribution in [3.05, 3.63) is 58.7 Å². The van der Waals surface area contributed by atoms with Crippen molar-refractivity contribution >= 4 is 5.97 Å². The molecule has 0 unspecified atom stereocenters. The maximum atomic E-state index is 11.0. The number of carbonyl (C=O) groups is 1. The molecule has 0 atom stereocenters. The van der Waals surface area contributed by atoms with Gasteiger partial charge in [0, 0.05) is 0 Å². The molecule has 2 aromatic carbocycles. The van der Waals surface area contributed by atoms with Gasteiger partial charge < -0.3 is 9.84 Å². The molecule has 3 heteroatoms. The van der Waals surface area contributed by atoms with Gasteiger partial charge in [-0.3, -0.25) is 0 Å². The molecule has 0 saturated carbocycles. The Labute approximate surface area is 124 Å². The molecule has 1 aliphatic rings. The lowest BCUT2D eigenvalue weighted by Crippen LogP contribution is -2.02. The van der Waals surface area contributed by atoms with Crippen LogP contribution >= 0.6 is 0 Å². The highest BCUT2D eigenvalue weighted by molar-refractivity contribution is 5.89. The van der Waals surface area contributed by atoms with E-state index in [0.29, 0.717) is 16.9 Å². The first-order chi connectivity index (χ1) is 10.1. The Bertz CT molecular complexity index is 689. The monoisotopic (exact) mass is 282 g/mol. The van der Waals surface area contributed by atoms with Crippen LogP contribution in [0.5, 0.6) is 11.5 Å². The molecule has 1 aliphatic carbocycles. The van der Waals surface area contributed by atoms with Crippen molar-refractivity contribution in [2.45, 2.75) is 32.6 Å². The molecule has 0 radical (unpaired) electrons. The molecule has 0 bridgehead atoms. The molecule has 0 aliphatic heterocycles. The number of rotatable bonds is 3. The summed E-state index contributed by atoms with van der Waals surface area (Å²) < 4.78 is 5.87. The second-order valence-electron chi connectivity index (χ2n) is 5.52. The number of benzene rings is 2. The predicted molar refractivity (Wildman–Crippen MR) is 81.3 cm³/mol. The van der Waals surface area contributed by atoms with Gasteiger partial charge >= 0.3 is 5.97 Å². The van der Waals surface area contributed by atoms with E-state index in [-0.39, 0.29) is 0 Å². The zero-order valence-electron chi connectivity index (χ0n) is 12.1. The van der Waals surface area contributed by atoms with E-state index in [0.717, 1.165) is 18.6 Å². The van der Waals surface area contributed by atoms with E-state index in [9.17, 15) is 4.79 Å². The minimum Gasteiger partial charge on any atom is -0.478 e. The van der Waals surface area contributed by atoms with Gasteiger partial charge in [-0.15, -0.1) is 0 Å². The van der Waals surface area contributed by atoms with Crippen molar-refractivity contribution in [1.29, 1.82) is 0 Å². The SMILES string of the molecule is Cc1cc(Oc2ccc3c(c2)CCCC3)ccc1C(=O)O. The van der Waals surface area contributed by atoms with Gasteiger partial charge in [0.2, 0.25) is 0 Å². The number of hydrogen-bond acceptors (Lipinski definition) is 2. The maximum Gasteiger partial charge on any atom is 0.335 e. The normalized spacial score (nSPS) is 13.6. The fourth-order valence-corrected chi connectivity index (χ4v) is 2.85. The van der Waals surface area contributed by atoms with Crippen LogP contribution in [0.2, 0.25) is 0 Å². The van der Waals surface area contributed by atoms with Crippen molar-refractivity contribution in [1.82, 2.24) is 0 Å². The summed E-state index contributed by atoms with van der Waals surface area (Å²) in [6.07, 6.45) is 4.78. The number of hydrogen-bond donors (Lipinski definition) is 1. The average Bonchev–Trinajstić information content (AvgIpc) is 2.47. The lowest BCUT2D eigenvalue weighted by molar-refractivity contribution is 0.0696. The van der Waals surface area contributed by atoms with Crippen molar-refractivity contribution in [2.75, 3.05) is 0 Å². The quantitative estimate of drug-likeness (QED) is 0.909. The summed E-state index contributed by atoms with van der Waals surface area (Å²) in [6.45, 7) is 1.78. The molecule has 0 fully saturated rings. The van der Waals surface area contributed by atoms with Gasteiger partial charge in [0.05, 0.1) is 5.56 Å². The Morgan fingerprint density at radius 3 is 2.38 bits per heavy atom. The first-order valence-corrected chi connectivity index (χ1v) is 7.27. The number of ether oxygens (including phenoxy) is 1. The molecular formula is C18H18O3. The van der Waals surface area contributed by atoms with E-state index in [2.05, 4.69) is 12.1 Å². The van der Waals surface area contributed by atoms with Crippen molar-refractivity contribution in [3.63, 3.8) is 0 Å². The molecule has 0 spiro atoms. The van der Waals surface area contributed by atoms with E-state index in [1.165, 1.54) is 24.0 Å². The minimum absolute atomic E-state index is 0.313. The lowest BCUT2D eigenvalue weighted by Gasteiger charge is -2.17. The van der Waals surface area contributed by atoms with Crippen LogP contribution in [0.1, 0.15) is 39.9 Å². The zero-order valence-corrected chi connectivity index (χ0v) is 12.1. The fourth-order valence-electron chi connectivity index (χ4n) is 2.85. The Morgan fingerprint density at radius 1 is 1.00 bits per heavy atom. The van der Waals surface area contributed by atoms with Crippen LogP contribution in [0.4, 0.5) is 0 Å². The van der Waals surface area contributed by atoms with Gasteiger partial charge in [0.1, 0.15) is 11.5 Å². The van der Waals surface area contributed by atoms with E-state index in [4.69, 9.17) is 9.84 Å². The minimum atomic E-state index is -0.909. The van der Waals surface area contributed by atoms with Gasteiger partial charge in [-0.05, 0) is 79.6 Å². The van der Waals surface area contributed by atoms with Crippen molar-refractivity contribution in [3.8, 4) is 11.5 Å². The first kappa shape index (κ1) is 13.7. The van der Waals surface area contributed by atoms with E-state index >= 15 is 0 Å². The molecule has 0 aromatic heterocycles. The summed E-state index contributed by atoms with van der Waals surface area (Å²) in [6, 6.07) is 11.3. The summed E-state index contributed by atoms with van der Waals surface area (Å²) in [4.78, 5) is 11.0. The number of aromatic carboxylic acids is 1. The molecule has 0 heterocycles. The topological polar surface area (TPSA) is 46.5 Å². The van der Waals surface area contributed by atoms with Crippen LogP contribution in [0.25, 0.3) is 0 Å².